The van der Waals surface area contributed by atoms with Gasteiger partial charge in [-0.3, -0.25) is 16.3 Å². The van der Waals surface area contributed by atoms with Crippen molar-refractivity contribution in [1.82, 2.24) is 10.4 Å². The van der Waals surface area contributed by atoms with E-state index < -0.39 is 0 Å². The minimum Gasteiger partial charge on any atom is -0.271 e. The highest BCUT2D eigenvalue weighted by Gasteiger charge is 2.26. The summed E-state index contributed by atoms with van der Waals surface area (Å²) < 4.78 is 0. The molecule has 0 aromatic carbocycles. The molecule has 0 fully saturated rings. The van der Waals surface area contributed by atoms with E-state index in [1.165, 1.54) is 11.1 Å². The number of nitrogens with zero attached hydrogens (tertiary/aromatic N) is 1. The number of aromatic nitrogens is 1. The number of rotatable bonds is 2. The molecule has 1 heterocycles. The summed E-state index contributed by atoms with van der Waals surface area (Å²) in [4.78, 5) is 4.13. The molecule has 0 radical (unpaired) electrons. The fourth-order valence-electron chi connectivity index (χ4n) is 1.58. The maximum atomic E-state index is 5.58. The van der Waals surface area contributed by atoms with Gasteiger partial charge in [-0.2, -0.15) is 0 Å². The number of hydrogen-bond donors (Lipinski definition) is 2. The van der Waals surface area contributed by atoms with Gasteiger partial charge in [0.15, 0.2) is 0 Å². The van der Waals surface area contributed by atoms with E-state index in [9.17, 15) is 0 Å². The topological polar surface area (TPSA) is 50.9 Å². The third-order valence-corrected chi connectivity index (χ3v) is 2.42. The molecule has 3 N–H and O–H groups in total. The van der Waals surface area contributed by atoms with Gasteiger partial charge in [0, 0.05) is 12.4 Å². The molecule has 14 heavy (non-hydrogen) atoms. The number of aryl methyl sites for hydroxylation is 1. The van der Waals surface area contributed by atoms with Crippen LogP contribution >= 0.6 is 0 Å². The zero-order valence-corrected chi connectivity index (χ0v) is 9.33. The predicted molar refractivity (Wildman–Crippen MR) is 58.5 cm³/mol. The second-order valence-corrected chi connectivity index (χ2v) is 4.70. The minimum atomic E-state index is 0.0859. The maximum absolute atomic E-state index is 5.58. The molecule has 0 aliphatic heterocycles. The number of hydrogen-bond acceptors (Lipinski definition) is 3. The van der Waals surface area contributed by atoms with Gasteiger partial charge in [0.25, 0.3) is 0 Å². The number of hydrazine groups is 1. The molecule has 1 rings (SSSR count). The first-order chi connectivity index (χ1) is 6.46. The lowest BCUT2D eigenvalue weighted by Crippen LogP contribution is -2.37. The van der Waals surface area contributed by atoms with Crippen LogP contribution in [0.1, 0.15) is 37.9 Å². The lowest BCUT2D eigenvalue weighted by molar-refractivity contribution is 0.274. The smallest absolute Gasteiger partial charge is 0.0526 e. The van der Waals surface area contributed by atoms with E-state index in [1.54, 1.807) is 6.20 Å². The first-order valence-corrected chi connectivity index (χ1v) is 4.83. The lowest BCUT2D eigenvalue weighted by atomic mass is 9.82. The Morgan fingerprint density at radius 1 is 1.43 bits per heavy atom. The summed E-state index contributed by atoms with van der Waals surface area (Å²) in [6, 6.07) is 2.14. The summed E-state index contributed by atoms with van der Waals surface area (Å²) in [5.74, 6) is 5.58. The zero-order chi connectivity index (χ0) is 10.8. The SMILES string of the molecule is Cc1ccncc1C(NN)C(C)(C)C. The number of nitrogens with two attached hydrogens (primary N) is 1. The number of nitrogens with one attached hydrogen (secondary N) is 1. The summed E-state index contributed by atoms with van der Waals surface area (Å²) >= 11 is 0. The second kappa shape index (κ2) is 4.07. The van der Waals surface area contributed by atoms with Gasteiger partial charge >= 0.3 is 0 Å². The van der Waals surface area contributed by atoms with Crippen LogP contribution < -0.4 is 11.3 Å². The molecule has 3 nitrogen and oxygen atoms in total. The van der Waals surface area contributed by atoms with Crippen molar-refractivity contribution in [3.63, 3.8) is 0 Å². The van der Waals surface area contributed by atoms with Crippen molar-refractivity contribution >= 4 is 0 Å². The van der Waals surface area contributed by atoms with Crippen LogP contribution in [0, 0.1) is 12.3 Å². The van der Waals surface area contributed by atoms with Gasteiger partial charge in [-0.05, 0) is 29.5 Å². The standard InChI is InChI=1S/C11H19N3/c1-8-5-6-13-7-9(8)10(14-12)11(2,3)4/h5-7,10,14H,12H2,1-4H3. The molecule has 0 saturated heterocycles. The maximum Gasteiger partial charge on any atom is 0.0526 e. The van der Waals surface area contributed by atoms with Crippen LogP contribution in [-0.2, 0) is 0 Å². The Morgan fingerprint density at radius 3 is 2.50 bits per heavy atom. The highest BCUT2D eigenvalue weighted by atomic mass is 15.2. The molecule has 0 aliphatic carbocycles. The van der Waals surface area contributed by atoms with Crippen molar-refractivity contribution in [2.24, 2.45) is 11.3 Å². The Bertz CT molecular complexity index is 302. The van der Waals surface area contributed by atoms with E-state index in [1.807, 2.05) is 12.3 Å². The highest BCUT2D eigenvalue weighted by molar-refractivity contribution is 5.26. The summed E-state index contributed by atoms with van der Waals surface area (Å²) in [7, 11) is 0. The molecule has 3 heteroatoms. The van der Waals surface area contributed by atoms with Crippen molar-refractivity contribution in [3.8, 4) is 0 Å². The molecule has 78 valence electrons. The quantitative estimate of drug-likeness (QED) is 0.557. The van der Waals surface area contributed by atoms with Crippen LogP contribution in [0.5, 0.6) is 0 Å². The Labute approximate surface area is 85.7 Å². The van der Waals surface area contributed by atoms with E-state index in [4.69, 9.17) is 5.84 Å². The van der Waals surface area contributed by atoms with Gasteiger partial charge in [0.2, 0.25) is 0 Å². The third kappa shape index (κ3) is 2.30. The molecular formula is C11H19N3. The summed E-state index contributed by atoms with van der Waals surface area (Å²) in [6.45, 7) is 8.55. The minimum absolute atomic E-state index is 0.0859. The summed E-state index contributed by atoms with van der Waals surface area (Å²) in [5.41, 5.74) is 5.33. The van der Waals surface area contributed by atoms with E-state index in [2.05, 4.69) is 38.1 Å². The third-order valence-electron chi connectivity index (χ3n) is 2.42. The Balaban J connectivity index is 3.08. The van der Waals surface area contributed by atoms with Gasteiger partial charge in [-0.1, -0.05) is 20.8 Å². The highest BCUT2D eigenvalue weighted by Crippen LogP contribution is 2.32. The van der Waals surface area contributed by atoms with Crippen molar-refractivity contribution in [3.05, 3.63) is 29.6 Å². The largest absolute Gasteiger partial charge is 0.271 e. The molecule has 1 unspecified atom stereocenters. The Hall–Kier alpha value is -0.930. The Kier molecular flexibility index (Phi) is 3.24. The monoisotopic (exact) mass is 193 g/mol. The van der Waals surface area contributed by atoms with Crippen molar-refractivity contribution in [2.45, 2.75) is 33.7 Å². The van der Waals surface area contributed by atoms with Gasteiger partial charge in [0.05, 0.1) is 6.04 Å². The number of pyridine rings is 1. The molecule has 0 saturated carbocycles. The van der Waals surface area contributed by atoms with Crippen LogP contribution in [0.25, 0.3) is 0 Å². The lowest BCUT2D eigenvalue weighted by Gasteiger charge is -2.31. The van der Waals surface area contributed by atoms with E-state index >= 15 is 0 Å². The van der Waals surface area contributed by atoms with Crippen LogP contribution in [0.2, 0.25) is 0 Å². The first kappa shape index (κ1) is 11.1. The first-order valence-electron chi connectivity index (χ1n) is 4.83. The normalized spacial score (nSPS) is 14.1. The van der Waals surface area contributed by atoms with Gasteiger partial charge < -0.3 is 0 Å². The fraction of sp³-hybridized carbons (Fsp3) is 0.545. The molecule has 1 aromatic heterocycles. The molecule has 0 aliphatic rings. The van der Waals surface area contributed by atoms with Crippen molar-refractivity contribution < 1.29 is 0 Å². The predicted octanol–water partition coefficient (Wildman–Crippen LogP) is 1.94. The molecule has 0 spiro atoms. The van der Waals surface area contributed by atoms with E-state index in [0.29, 0.717) is 0 Å². The van der Waals surface area contributed by atoms with Gasteiger partial charge in [0.1, 0.15) is 0 Å². The van der Waals surface area contributed by atoms with Crippen LogP contribution in [0.4, 0.5) is 0 Å². The van der Waals surface area contributed by atoms with E-state index in [0.717, 1.165) is 0 Å². The summed E-state index contributed by atoms with van der Waals surface area (Å²) in [5, 5.41) is 0. The second-order valence-electron chi connectivity index (χ2n) is 4.70. The van der Waals surface area contributed by atoms with Crippen LogP contribution in [-0.4, -0.2) is 4.98 Å². The molecule has 0 amide bonds. The average Bonchev–Trinajstić information content (AvgIpc) is 2.07. The molecule has 1 atom stereocenters. The average molecular weight is 193 g/mol. The van der Waals surface area contributed by atoms with Gasteiger partial charge in [-0.25, -0.2) is 0 Å². The molecule has 0 bridgehead atoms. The van der Waals surface area contributed by atoms with Crippen molar-refractivity contribution in [2.75, 3.05) is 0 Å². The molecular weight excluding hydrogens is 174 g/mol. The zero-order valence-electron chi connectivity index (χ0n) is 9.33. The van der Waals surface area contributed by atoms with Crippen LogP contribution in [0.15, 0.2) is 18.5 Å². The van der Waals surface area contributed by atoms with E-state index in [-0.39, 0.29) is 11.5 Å². The Morgan fingerprint density at radius 2 is 2.07 bits per heavy atom. The van der Waals surface area contributed by atoms with Crippen LogP contribution in [0.3, 0.4) is 0 Å². The fourth-order valence-corrected chi connectivity index (χ4v) is 1.58. The van der Waals surface area contributed by atoms with Gasteiger partial charge in [-0.15, -0.1) is 0 Å². The summed E-state index contributed by atoms with van der Waals surface area (Å²) in [6.07, 6.45) is 3.68. The van der Waals surface area contributed by atoms with Crippen molar-refractivity contribution in [1.29, 1.82) is 0 Å². The molecule has 1 aromatic rings.